The average molecular weight is 436 g/mol. The molecular weight excluding hydrogens is 418 g/mol. The molecule has 3 rings (SSSR count). The van der Waals surface area contributed by atoms with Gasteiger partial charge in [-0.25, -0.2) is 0 Å². The van der Waals surface area contributed by atoms with Crippen molar-refractivity contribution in [2.24, 2.45) is 11.7 Å². The monoisotopic (exact) mass is 435 g/mol. The molecule has 2 aromatic rings. The molecule has 1 aliphatic heterocycles. The van der Waals surface area contributed by atoms with Crippen molar-refractivity contribution in [3.63, 3.8) is 0 Å². The Bertz CT molecular complexity index is 909. The van der Waals surface area contributed by atoms with Gasteiger partial charge in [0.15, 0.2) is 0 Å². The van der Waals surface area contributed by atoms with Gasteiger partial charge in [0.25, 0.3) is 5.91 Å². The molecule has 1 aliphatic rings. The zero-order valence-electron chi connectivity index (χ0n) is 14.3. The van der Waals surface area contributed by atoms with E-state index in [4.69, 9.17) is 5.73 Å². The van der Waals surface area contributed by atoms with Crippen LogP contribution in [0.3, 0.4) is 0 Å². The van der Waals surface area contributed by atoms with Crippen LogP contribution in [0.25, 0.3) is 0 Å². The van der Waals surface area contributed by atoms with Crippen LogP contribution in [-0.2, 0) is 9.59 Å². The predicted molar refractivity (Wildman–Crippen MR) is 106 cm³/mol. The van der Waals surface area contributed by atoms with E-state index in [2.05, 4.69) is 21.2 Å². The molecule has 0 aliphatic carbocycles. The highest BCUT2D eigenvalue weighted by atomic mass is 79.9. The summed E-state index contributed by atoms with van der Waals surface area (Å²) in [6.45, 7) is 3.97. The third-order valence-corrected chi connectivity index (χ3v) is 6.10. The molecule has 1 atom stereocenters. The number of rotatable bonds is 4. The quantitative estimate of drug-likeness (QED) is 0.771. The molecule has 1 aromatic carbocycles. The molecule has 0 radical (unpaired) electrons. The first-order valence-electron chi connectivity index (χ1n) is 8.04. The molecule has 0 spiro atoms. The summed E-state index contributed by atoms with van der Waals surface area (Å²) in [4.78, 5) is 39.2. The SMILES string of the molecule is Cc1sc(NC(=O)C2CC(=O)N(c3cccc(Br)c3)C2)c(C(N)=O)c1C. The van der Waals surface area contributed by atoms with Crippen LogP contribution >= 0.6 is 27.3 Å². The van der Waals surface area contributed by atoms with Crippen LogP contribution in [0.2, 0.25) is 0 Å². The smallest absolute Gasteiger partial charge is 0.251 e. The summed E-state index contributed by atoms with van der Waals surface area (Å²) in [5.74, 6) is -1.43. The van der Waals surface area contributed by atoms with Gasteiger partial charge in [-0.3, -0.25) is 14.4 Å². The second-order valence-electron chi connectivity index (χ2n) is 6.23. The maximum absolute atomic E-state index is 12.7. The number of nitrogens with two attached hydrogens (primary N) is 1. The topological polar surface area (TPSA) is 92.5 Å². The molecule has 8 heteroatoms. The van der Waals surface area contributed by atoms with Crippen molar-refractivity contribution in [1.82, 2.24) is 0 Å². The summed E-state index contributed by atoms with van der Waals surface area (Å²) in [6.07, 6.45) is 0.133. The number of benzene rings is 1. The van der Waals surface area contributed by atoms with Gasteiger partial charge in [-0.2, -0.15) is 0 Å². The first-order chi connectivity index (χ1) is 12.3. The number of hydrogen-bond acceptors (Lipinski definition) is 4. The van der Waals surface area contributed by atoms with Crippen LogP contribution in [0, 0.1) is 19.8 Å². The molecule has 1 fully saturated rings. The van der Waals surface area contributed by atoms with Gasteiger partial charge < -0.3 is 16.0 Å². The Kier molecular flexibility index (Phi) is 5.15. The molecular formula is C18H18BrN3O3S. The van der Waals surface area contributed by atoms with Crippen LogP contribution in [0.1, 0.15) is 27.2 Å². The second kappa shape index (κ2) is 7.20. The third-order valence-electron chi connectivity index (χ3n) is 4.48. The van der Waals surface area contributed by atoms with Gasteiger partial charge in [-0.05, 0) is 37.6 Å². The molecule has 136 valence electrons. The summed E-state index contributed by atoms with van der Waals surface area (Å²) in [5.41, 5.74) is 7.31. The Labute approximate surface area is 163 Å². The van der Waals surface area contributed by atoms with Crippen molar-refractivity contribution >= 4 is 55.7 Å². The molecule has 3 N–H and O–H groups in total. The number of anilines is 2. The lowest BCUT2D eigenvalue weighted by molar-refractivity contribution is -0.122. The molecule has 1 aromatic heterocycles. The fraction of sp³-hybridized carbons (Fsp3) is 0.278. The first kappa shape index (κ1) is 18.6. The normalized spacial score (nSPS) is 16.8. The highest BCUT2D eigenvalue weighted by Gasteiger charge is 2.36. The number of halogens is 1. The standard InChI is InChI=1S/C18H18BrN3O3S/c1-9-10(2)26-18(15(9)16(20)24)21-17(25)11-6-14(23)22(8-11)13-5-3-4-12(19)7-13/h3-5,7,11H,6,8H2,1-2H3,(H2,20,24)(H,21,25). The minimum Gasteiger partial charge on any atom is -0.365 e. The Morgan fingerprint density at radius 2 is 2.08 bits per heavy atom. The number of hydrogen-bond donors (Lipinski definition) is 2. The zero-order valence-corrected chi connectivity index (χ0v) is 16.7. The lowest BCUT2D eigenvalue weighted by atomic mass is 10.1. The van der Waals surface area contributed by atoms with Crippen molar-refractivity contribution in [3.05, 3.63) is 44.7 Å². The minimum atomic E-state index is -0.569. The van der Waals surface area contributed by atoms with Gasteiger partial charge in [0.1, 0.15) is 5.00 Å². The number of amides is 3. The highest BCUT2D eigenvalue weighted by Crippen LogP contribution is 2.33. The lowest BCUT2D eigenvalue weighted by Gasteiger charge is -2.17. The van der Waals surface area contributed by atoms with Gasteiger partial charge in [-0.15, -0.1) is 11.3 Å². The van der Waals surface area contributed by atoms with Crippen molar-refractivity contribution in [3.8, 4) is 0 Å². The molecule has 1 unspecified atom stereocenters. The number of thiophene rings is 1. The summed E-state index contributed by atoms with van der Waals surface area (Å²) in [5, 5.41) is 3.24. The van der Waals surface area contributed by atoms with Gasteiger partial charge in [0.2, 0.25) is 11.8 Å². The van der Waals surface area contributed by atoms with E-state index in [0.29, 0.717) is 17.1 Å². The molecule has 2 heterocycles. The van der Waals surface area contributed by atoms with Gasteiger partial charge in [0, 0.05) is 28.0 Å². The van der Waals surface area contributed by atoms with E-state index in [1.807, 2.05) is 31.2 Å². The number of carbonyl (C=O) groups excluding carboxylic acids is 3. The molecule has 0 saturated carbocycles. The van der Waals surface area contributed by atoms with Crippen LogP contribution < -0.4 is 16.0 Å². The summed E-state index contributed by atoms with van der Waals surface area (Å²) < 4.78 is 0.867. The number of nitrogens with one attached hydrogen (secondary N) is 1. The van der Waals surface area contributed by atoms with E-state index in [1.54, 1.807) is 11.8 Å². The Morgan fingerprint density at radius 1 is 1.35 bits per heavy atom. The largest absolute Gasteiger partial charge is 0.365 e. The van der Waals surface area contributed by atoms with Crippen LogP contribution in [-0.4, -0.2) is 24.3 Å². The third kappa shape index (κ3) is 3.52. The van der Waals surface area contributed by atoms with Gasteiger partial charge in [-0.1, -0.05) is 22.0 Å². The van der Waals surface area contributed by atoms with Crippen molar-refractivity contribution in [1.29, 1.82) is 0 Å². The maximum Gasteiger partial charge on any atom is 0.251 e. The summed E-state index contributed by atoms with van der Waals surface area (Å²) >= 11 is 4.71. The number of primary amides is 1. The highest BCUT2D eigenvalue weighted by molar-refractivity contribution is 9.10. The van der Waals surface area contributed by atoms with Crippen molar-refractivity contribution in [2.75, 3.05) is 16.8 Å². The number of aryl methyl sites for hydroxylation is 1. The minimum absolute atomic E-state index is 0.100. The van der Waals surface area contributed by atoms with Crippen molar-refractivity contribution in [2.45, 2.75) is 20.3 Å². The fourth-order valence-corrected chi connectivity index (χ4v) is 4.46. The van der Waals surface area contributed by atoms with E-state index in [-0.39, 0.29) is 18.2 Å². The molecule has 6 nitrogen and oxygen atoms in total. The Hall–Kier alpha value is -2.19. The Balaban J connectivity index is 1.77. The van der Waals surface area contributed by atoms with E-state index in [1.165, 1.54) is 11.3 Å². The first-order valence-corrected chi connectivity index (χ1v) is 9.65. The summed E-state index contributed by atoms with van der Waals surface area (Å²) in [7, 11) is 0. The molecule has 26 heavy (non-hydrogen) atoms. The second-order valence-corrected chi connectivity index (χ2v) is 8.37. The maximum atomic E-state index is 12.7. The lowest BCUT2D eigenvalue weighted by Crippen LogP contribution is -2.28. The van der Waals surface area contributed by atoms with E-state index in [0.717, 1.165) is 20.6 Å². The van der Waals surface area contributed by atoms with Crippen LogP contribution in [0.4, 0.5) is 10.7 Å². The van der Waals surface area contributed by atoms with Crippen LogP contribution in [0.5, 0.6) is 0 Å². The van der Waals surface area contributed by atoms with E-state index in [9.17, 15) is 14.4 Å². The van der Waals surface area contributed by atoms with E-state index < -0.39 is 11.8 Å². The van der Waals surface area contributed by atoms with E-state index >= 15 is 0 Å². The summed E-state index contributed by atoms with van der Waals surface area (Å²) in [6, 6.07) is 7.40. The van der Waals surface area contributed by atoms with Crippen molar-refractivity contribution < 1.29 is 14.4 Å². The van der Waals surface area contributed by atoms with Gasteiger partial charge >= 0.3 is 0 Å². The molecule has 0 bridgehead atoms. The predicted octanol–water partition coefficient (Wildman–Crippen LogP) is 3.22. The zero-order chi connectivity index (χ0) is 19.0. The molecule has 1 saturated heterocycles. The Morgan fingerprint density at radius 3 is 2.73 bits per heavy atom. The average Bonchev–Trinajstić information content (AvgIpc) is 3.08. The fourth-order valence-electron chi connectivity index (χ4n) is 3.00. The van der Waals surface area contributed by atoms with Gasteiger partial charge in [0.05, 0.1) is 11.5 Å². The number of carbonyl (C=O) groups is 3. The number of nitrogens with zero attached hydrogens (tertiary/aromatic N) is 1. The van der Waals surface area contributed by atoms with Crippen LogP contribution in [0.15, 0.2) is 28.7 Å². The molecule has 3 amide bonds.